The van der Waals surface area contributed by atoms with Crippen molar-refractivity contribution < 1.29 is 15.0 Å². The van der Waals surface area contributed by atoms with Crippen LogP contribution in [0.5, 0.6) is 5.75 Å². The van der Waals surface area contributed by atoms with E-state index >= 15 is 0 Å². The van der Waals surface area contributed by atoms with Crippen LogP contribution >= 0.6 is 0 Å². The molecule has 0 bridgehead atoms. The molecule has 0 radical (unpaired) electrons. The molecule has 2 atom stereocenters. The minimum atomic E-state index is -0.650. The van der Waals surface area contributed by atoms with E-state index < -0.39 is 6.10 Å². The van der Waals surface area contributed by atoms with Crippen LogP contribution in [-0.4, -0.2) is 28.3 Å². The second-order valence-electron chi connectivity index (χ2n) is 5.48. The number of carbonyl (C=O) groups excluding carboxylic acids is 1. The van der Waals surface area contributed by atoms with E-state index in [9.17, 15) is 15.0 Å². The topological polar surface area (TPSA) is 69.6 Å². The average molecular weight is 311 g/mol. The van der Waals surface area contributed by atoms with E-state index in [-0.39, 0.29) is 17.7 Å². The van der Waals surface area contributed by atoms with E-state index in [1.54, 1.807) is 37.3 Å². The molecule has 0 aliphatic heterocycles. The summed E-state index contributed by atoms with van der Waals surface area (Å²) in [4.78, 5) is 11.9. The monoisotopic (exact) mass is 311 g/mol. The van der Waals surface area contributed by atoms with Crippen molar-refractivity contribution >= 4 is 12.0 Å². The van der Waals surface area contributed by atoms with E-state index in [4.69, 9.17) is 0 Å². The van der Waals surface area contributed by atoms with Crippen molar-refractivity contribution in [2.24, 2.45) is 0 Å². The van der Waals surface area contributed by atoms with E-state index in [0.29, 0.717) is 6.42 Å². The van der Waals surface area contributed by atoms with Crippen molar-refractivity contribution in [3.63, 3.8) is 0 Å². The second-order valence-corrected chi connectivity index (χ2v) is 5.48. The lowest BCUT2D eigenvalue weighted by molar-refractivity contribution is -0.117. The Bertz CT molecular complexity index is 650. The summed E-state index contributed by atoms with van der Waals surface area (Å²) in [6.07, 6.45) is 2.91. The number of phenolic OH excluding ortho intramolecular Hbond substituents is 1. The number of aliphatic hydroxyl groups is 1. The van der Waals surface area contributed by atoms with Crippen molar-refractivity contribution in [1.29, 1.82) is 0 Å². The fourth-order valence-corrected chi connectivity index (χ4v) is 2.16. The fourth-order valence-electron chi connectivity index (χ4n) is 2.16. The molecule has 3 N–H and O–H groups in total. The molecule has 0 aromatic heterocycles. The number of phenols is 1. The summed E-state index contributed by atoms with van der Waals surface area (Å²) in [6.45, 7) is 1.78. The zero-order valence-electron chi connectivity index (χ0n) is 13.0. The maximum Gasteiger partial charge on any atom is 0.244 e. The lowest BCUT2D eigenvalue weighted by Crippen LogP contribution is -2.41. The van der Waals surface area contributed by atoms with E-state index in [0.717, 1.165) is 11.1 Å². The van der Waals surface area contributed by atoms with Crippen molar-refractivity contribution in [1.82, 2.24) is 5.32 Å². The zero-order valence-corrected chi connectivity index (χ0v) is 13.0. The molecular weight excluding hydrogens is 290 g/mol. The van der Waals surface area contributed by atoms with Crippen LogP contribution in [-0.2, 0) is 11.2 Å². The van der Waals surface area contributed by atoms with Crippen LogP contribution in [0.4, 0.5) is 0 Å². The van der Waals surface area contributed by atoms with Gasteiger partial charge in [0.25, 0.3) is 0 Å². The molecule has 1 amide bonds. The van der Waals surface area contributed by atoms with Gasteiger partial charge < -0.3 is 15.5 Å². The molecule has 120 valence electrons. The van der Waals surface area contributed by atoms with Crippen LogP contribution in [0.15, 0.2) is 60.7 Å². The van der Waals surface area contributed by atoms with Gasteiger partial charge in [0.1, 0.15) is 5.75 Å². The summed E-state index contributed by atoms with van der Waals surface area (Å²) in [5.74, 6) is -0.0815. The first-order valence-corrected chi connectivity index (χ1v) is 7.54. The summed E-state index contributed by atoms with van der Waals surface area (Å²) in [7, 11) is 0. The number of hydrogen-bond donors (Lipinski definition) is 3. The van der Waals surface area contributed by atoms with Gasteiger partial charge in [-0.2, -0.15) is 0 Å². The van der Waals surface area contributed by atoms with E-state index in [1.807, 2.05) is 30.3 Å². The quantitative estimate of drug-likeness (QED) is 0.718. The number of aromatic hydroxyl groups is 1. The Labute approximate surface area is 136 Å². The number of nitrogens with one attached hydrogen (secondary N) is 1. The van der Waals surface area contributed by atoms with Crippen LogP contribution in [0.1, 0.15) is 18.1 Å². The molecule has 0 aliphatic carbocycles. The molecule has 23 heavy (non-hydrogen) atoms. The molecule has 2 aromatic carbocycles. The van der Waals surface area contributed by atoms with Crippen LogP contribution in [0.25, 0.3) is 6.08 Å². The molecule has 0 fully saturated rings. The molecule has 2 rings (SSSR count). The number of hydrogen-bond acceptors (Lipinski definition) is 3. The SMILES string of the molecule is CC(NC(=O)/C=C/c1ccc(O)cc1)C(O)Cc1ccccc1. The van der Waals surface area contributed by atoms with Gasteiger partial charge >= 0.3 is 0 Å². The molecule has 2 unspecified atom stereocenters. The Balaban J connectivity index is 1.85. The molecule has 0 saturated carbocycles. The Hall–Kier alpha value is -2.59. The van der Waals surface area contributed by atoms with Crippen LogP contribution in [0.2, 0.25) is 0 Å². The predicted molar refractivity (Wildman–Crippen MR) is 90.9 cm³/mol. The highest BCUT2D eigenvalue weighted by Gasteiger charge is 2.15. The third kappa shape index (κ3) is 5.60. The van der Waals surface area contributed by atoms with Gasteiger partial charge in [-0.1, -0.05) is 42.5 Å². The highest BCUT2D eigenvalue weighted by molar-refractivity contribution is 5.91. The smallest absolute Gasteiger partial charge is 0.244 e. The van der Waals surface area contributed by atoms with Crippen molar-refractivity contribution in [3.8, 4) is 5.75 Å². The average Bonchev–Trinajstić information content (AvgIpc) is 2.55. The van der Waals surface area contributed by atoms with E-state index in [2.05, 4.69) is 5.32 Å². The Morgan fingerprint density at radius 2 is 1.78 bits per heavy atom. The van der Waals surface area contributed by atoms with Gasteiger partial charge in [-0.05, 0) is 36.3 Å². The molecule has 0 saturated heterocycles. The number of carbonyl (C=O) groups is 1. The van der Waals surface area contributed by atoms with Gasteiger partial charge in [0, 0.05) is 12.5 Å². The van der Waals surface area contributed by atoms with Crippen molar-refractivity contribution in [2.75, 3.05) is 0 Å². The molecular formula is C19H21NO3. The first-order chi connectivity index (χ1) is 11.0. The van der Waals surface area contributed by atoms with Gasteiger partial charge in [0.05, 0.1) is 12.1 Å². The standard InChI is InChI=1S/C19H21NO3/c1-14(18(22)13-16-5-3-2-4-6-16)20-19(23)12-9-15-7-10-17(21)11-8-15/h2-12,14,18,21-22H,13H2,1H3,(H,20,23)/b12-9+. The summed E-state index contributed by atoms with van der Waals surface area (Å²) >= 11 is 0. The predicted octanol–water partition coefficient (Wildman–Crippen LogP) is 2.51. The van der Waals surface area contributed by atoms with Crippen LogP contribution in [0.3, 0.4) is 0 Å². The van der Waals surface area contributed by atoms with Gasteiger partial charge in [0.15, 0.2) is 0 Å². The number of benzene rings is 2. The highest BCUT2D eigenvalue weighted by Crippen LogP contribution is 2.11. The zero-order chi connectivity index (χ0) is 16.7. The minimum absolute atomic E-state index is 0.184. The fraction of sp³-hybridized carbons (Fsp3) is 0.211. The number of amides is 1. The normalized spacial score (nSPS) is 13.7. The van der Waals surface area contributed by atoms with Crippen molar-refractivity contribution in [2.45, 2.75) is 25.5 Å². The third-order valence-corrected chi connectivity index (χ3v) is 3.56. The molecule has 0 spiro atoms. The Morgan fingerprint density at radius 3 is 2.43 bits per heavy atom. The van der Waals surface area contributed by atoms with Crippen LogP contribution < -0.4 is 5.32 Å². The highest BCUT2D eigenvalue weighted by atomic mass is 16.3. The molecule has 0 aliphatic rings. The lowest BCUT2D eigenvalue weighted by atomic mass is 10.0. The third-order valence-electron chi connectivity index (χ3n) is 3.56. The van der Waals surface area contributed by atoms with Gasteiger partial charge in [0.2, 0.25) is 5.91 Å². The van der Waals surface area contributed by atoms with Gasteiger partial charge in [-0.25, -0.2) is 0 Å². The summed E-state index contributed by atoms with van der Waals surface area (Å²) < 4.78 is 0. The summed E-state index contributed by atoms with van der Waals surface area (Å²) in [6, 6.07) is 15.9. The van der Waals surface area contributed by atoms with Gasteiger partial charge in [-0.15, -0.1) is 0 Å². The maximum atomic E-state index is 11.9. The Kier molecular flexibility index (Phi) is 5.94. The van der Waals surface area contributed by atoms with Crippen LogP contribution in [0, 0.1) is 0 Å². The largest absolute Gasteiger partial charge is 0.508 e. The van der Waals surface area contributed by atoms with E-state index in [1.165, 1.54) is 6.08 Å². The molecule has 2 aromatic rings. The number of aliphatic hydroxyl groups excluding tert-OH is 1. The molecule has 4 heteroatoms. The Morgan fingerprint density at radius 1 is 1.13 bits per heavy atom. The number of rotatable bonds is 6. The lowest BCUT2D eigenvalue weighted by Gasteiger charge is -2.19. The summed E-state index contributed by atoms with van der Waals surface area (Å²) in [5.41, 5.74) is 1.84. The minimum Gasteiger partial charge on any atom is -0.508 e. The second kappa shape index (κ2) is 8.15. The molecule has 4 nitrogen and oxygen atoms in total. The first-order valence-electron chi connectivity index (χ1n) is 7.54. The van der Waals surface area contributed by atoms with Crippen molar-refractivity contribution in [3.05, 3.63) is 71.8 Å². The summed E-state index contributed by atoms with van der Waals surface area (Å²) in [5, 5.41) is 22.1. The maximum absolute atomic E-state index is 11.9. The molecule has 0 heterocycles. The first kappa shape index (κ1) is 16.8. The van der Waals surface area contributed by atoms with Gasteiger partial charge in [-0.3, -0.25) is 4.79 Å².